The molecule has 0 saturated heterocycles. The van der Waals surface area contributed by atoms with Gasteiger partial charge in [-0.15, -0.1) is 0 Å². The molecule has 0 unspecified atom stereocenters. The zero-order valence-electron chi connectivity index (χ0n) is 11.5. The van der Waals surface area contributed by atoms with Gasteiger partial charge < -0.3 is 14.2 Å². The van der Waals surface area contributed by atoms with Gasteiger partial charge in [0.2, 0.25) is 0 Å². The highest BCUT2D eigenvalue weighted by Gasteiger charge is 2.04. The lowest BCUT2D eigenvalue weighted by atomic mass is 10.2. The molecule has 0 fully saturated rings. The van der Waals surface area contributed by atoms with Crippen LogP contribution in [0.3, 0.4) is 0 Å². The van der Waals surface area contributed by atoms with Gasteiger partial charge in [-0.05, 0) is 42.5 Å². The molecule has 0 amide bonds. The van der Waals surface area contributed by atoms with E-state index in [1.54, 1.807) is 19.2 Å². The summed E-state index contributed by atoms with van der Waals surface area (Å²) in [5.41, 5.74) is 0.494. The van der Waals surface area contributed by atoms with Crippen molar-refractivity contribution in [2.75, 3.05) is 20.3 Å². The zero-order chi connectivity index (χ0) is 15.1. The summed E-state index contributed by atoms with van der Waals surface area (Å²) in [6.45, 7) is 0.760. The van der Waals surface area contributed by atoms with Crippen LogP contribution in [-0.4, -0.2) is 20.3 Å². The molecule has 0 saturated carbocycles. The molecule has 0 aliphatic rings. The van der Waals surface area contributed by atoms with Crippen molar-refractivity contribution in [1.29, 1.82) is 5.26 Å². The smallest absolute Gasteiger partial charge is 0.137 e. The lowest BCUT2D eigenvalue weighted by Crippen LogP contribution is -2.09. The van der Waals surface area contributed by atoms with Gasteiger partial charge >= 0.3 is 0 Å². The first kappa shape index (κ1) is 15.2. The Kier molecular flexibility index (Phi) is 5.47. The lowest BCUT2D eigenvalue weighted by molar-refractivity contribution is 0.216. The van der Waals surface area contributed by atoms with E-state index in [9.17, 15) is 0 Å². The number of hydrogen-bond acceptors (Lipinski definition) is 4. The molecule has 0 N–H and O–H groups in total. The molecule has 0 aliphatic heterocycles. The zero-order valence-corrected chi connectivity index (χ0v) is 13.1. The van der Waals surface area contributed by atoms with Gasteiger partial charge in [-0.1, -0.05) is 15.9 Å². The van der Waals surface area contributed by atoms with E-state index in [0.717, 1.165) is 16.0 Å². The minimum absolute atomic E-state index is 0.363. The highest BCUT2D eigenvalue weighted by molar-refractivity contribution is 9.10. The van der Waals surface area contributed by atoms with E-state index in [2.05, 4.69) is 22.0 Å². The molecule has 0 aromatic heterocycles. The highest BCUT2D eigenvalue weighted by Crippen LogP contribution is 2.22. The molecule has 2 rings (SSSR count). The molecule has 4 nitrogen and oxygen atoms in total. The van der Waals surface area contributed by atoms with Crippen molar-refractivity contribution in [1.82, 2.24) is 0 Å². The predicted octanol–water partition coefficient (Wildman–Crippen LogP) is 3.79. The van der Waals surface area contributed by atoms with E-state index in [4.69, 9.17) is 19.5 Å². The van der Waals surface area contributed by atoms with E-state index in [-0.39, 0.29) is 0 Å². The maximum absolute atomic E-state index is 9.03. The summed E-state index contributed by atoms with van der Waals surface area (Å²) in [4.78, 5) is 0. The molecule has 108 valence electrons. The number of rotatable bonds is 6. The number of halogens is 1. The van der Waals surface area contributed by atoms with Crippen LogP contribution in [0.2, 0.25) is 0 Å². The number of benzene rings is 2. The normalized spacial score (nSPS) is 9.76. The van der Waals surface area contributed by atoms with Crippen LogP contribution in [0.4, 0.5) is 0 Å². The van der Waals surface area contributed by atoms with Crippen LogP contribution in [0, 0.1) is 11.3 Å². The van der Waals surface area contributed by atoms with Crippen molar-refractivity contribution in [3.63, 3.8) is 0 Å². The van der Waals surface area contributed by atoms with Gasteiger partial charge in [0.1, 0.15) is 36.5 Å². The fraction of sp³-hybridized carbons (Fsp3) is 0.188. The Morgan fingerprint density at radius 3 is 2.33 bits per heavy atom. The molecule has 0 heterocycles. The summed E-state index contributed by atoms with van der Waals surface area (Å²) < 4.78 is 17.0. The first-order valence-electron chi connectivity index (χ1n) is 6.32. The van der Waals surface area contributed by atoms with Crippen LogP contribution in [-0.2, 0) is 0 Å². The highest BCUT2D eigenvalue weighted by atomic mass is 79.9. The third kappa shape index (κ3) is 4.40. The third-order valence-electron chi connectivity index (χ3n) is 2.73. The van der Waals surface area contributed by atoms with Crippen molar-refractivity contribution in [2.24, 2.45) is 0 Å². The molecule has 2 aromatic rings. The average Bonchev–Trinajstić information content (AvgIpc) is 2.53. The SMILES string of the molecule is COc1ccc(OCCOc2ccc(Br)cc2C#N)cc1. The summed E-state index contributed by atoms with van der Waals surface area (Å²) in [5, 5.41) is 9.03. The van der Waals surface area contributed by atoms with Gasteiger partial charge in [-0.3, -0.25) is 0 Å². The third-order valence-corrected chi connectivity index (χ3v) is 3.22. The van der Waals surface area contributed by atoms with Crippen LogP contribution >= 0.6 is 15.9 Å². The maximum Gasteiger partial charge on any atom is 0.137 e. The second-order valence-electron chi connectivity index (χ2n) is 4.12. The molecular formula is C16H14BrNO3. The van der Waals surface area contributed by atoms with Crippen LogP contribution in [0.1, 0.15) is 5.56 Å². The Bertz CT molecular complexity index is 635. The second kappa shape index (κ2) is 7.55. The van der Waals surface area contributed by atoms with Gasteiger partial charge in [-0.2, -0.15) is 5.26 Å². The Balaban J connectivity index is 1.83. The molecule has 5 heteroatoms. The summed E-state index contributed by atoms with van der Waals surface area (Å²) >= 11 is 3.32. The molecule has 0 aliphatic carbocycles. The van der Waals surface area contributed by atoms with Crippen LogP contribution < -0.4 is 14.2 Å². The molecule has 21 heavy (non-hydrogen) atoms. The predicted molar refractivity (Wildman–Crippen MR) is 82.8 cm³/mol. The minimum atomic E-state index is 0.363. The molecule has 0 atom stereocenters. The average molecular weight is 348 g/mol. The van der Waals surface area contributed by atoms with Gasteiger partial charge in [0.05, 0.1) is 12.7 Å². The fourth-order valence-electron chi connectivity index (χ4n) is 1.70. The van der Waals surface area contributed by atoms with Crippen LogP contribution in [0.15, 0.2) is 46.9 Å². The van der Waals surface area contributed by atoms with Gasteiger partial charge in [0, 0.05) is 4.47 Å². The summed E-state index contributed by atoms with van der Waals surface area (Å²) in [7, 11) is 1.62. The van der Waals surface area contributed by atoms with Crippen molar-refractivity contribution >= 4 is 15.9 Å². The molecule has 0 bridgehead atoms. The topological polar surface area (TPSA) is 51.5 Å². The summed E-state index contributed by atoms with van der Waals surface area (Å²) in [6.07, 6.45) is 0. The summed E-state index contributed by atoms with van der Waals surface area (Å²) in [6, 6.07) is 14.7. The number of nitriles is 1. The first-order valence-corrected chi connectivity index (χ1v) is 7.11. The Morgan fingerprint density at radius 1 is 1.00 bits per heavy atom. The van der Waals surface area contributed by atoms with Crippen LogP contribution in [0.25, 0.3) is 0 Å². The summed E-state index contributed by atoms with van der Waals surface area (Å²) in [5.74, 6) is 2.09. The second-order valence-corrected chi connectivity index (χ2v) is 5.04. The largest absolute Gasteiger partial charge is 0.497 e. The number of hydrogen-bond donors (Lipinski definition) is 0. The van der Waals surface area contributed by atoms with E-state index < -0.39 is 0 Å². The van der Waals surface area contributed by atoms with E-state index in [1.807, 2.05) is 30.3 Å². The quantitative estimate of drug-likeness (QED) is 0.746. The minimum Gasteiger partial charge on any atom is -0.497 e. The van der Waals surface area contributed by atoms with Crippen LogP contribution in [0.5, 0.6) is 17.2 Å². The monoisotopic (exact) mass is 347 g/mol. The Labute approximate surface area is 132 Å². The maximum atomic E-state index is 9.03. The molecular weight excluding hydrogens is 334 g/mol. The van der Waals surface area contributed by atoms with E-state index >= 15 is 0 Å². The molecule has 2 aromatic carbocycles. The number of nitrogens with zero attached hydrogens (tertiary/aromatic N) is 1. The standard InChI is InChI=1S/C16H14BrNO3/c1-19-14-3-5-15(6-4-14)20-8-9-21-16-7-2-13(17)10-12(16)11-18/h2-7,10H,8-9H2,1H3. The number of methoxy groups -OCH3 is 1. The van der Waals surface area contributed by atoms with Crippen molar-refractivity contribution in [3.05, 3.63) is 52.5 Å². The fourth-order valence-corrected chi connectivity index (χ4v) is 2.06. The van der Waals surface area contributed by atoms with Crippen molar-refractivity contribution in [3.8, 4) is 23.3 Å². The number of ether oxygens (including phenoxy) is 3. The van der Waals surface area contributed by atoms with Gasteiger partial charge in [0.25, 0.3) is 0 Å². The van der Waals surface area contributed by atoms with Gasteiger partial charge in [-0.25, -0.2) is 0 Å². The molecule has 0 radical (unpaired) electrons. The Hall–Kier alpha value is -2.19. The van der Waals surface area contributed by atoms with Gasteiger partial charge in [0.15, 0.2) is 0 Å². The van der Waals surface area contributed by atoms with Crippen molar-refractivity contribution in [2.45, 2.75) is 0 Å². The lowest BCUT2D eigenvalue weighted by Gasteiger charge is -2.10. The first-order chi connectivity index (χ1) is 10.2. The van der Waals surface area contributed by atoms with E-state index in [0.29, 0.717) is 24.5 Å². The Morgan fingerprint density at radius 2 is 1.67 bits per heavy atom. The van der Waals surface area contributed by atoms with Crippen molar-refractivity contribution < 1.29 is 14.2 Å². The van der Waals surface area contributed by atoms with E-state index in [1.165, 1.54) is 0 Å². The molecule has 0 spiro atoms.